The highest BCUT2D eigenvalue weighted by Crippen LogP contribution is 2.39. The summed E-state index contributed by atoms with van der Waals surface area (Å²) in [6, 6.07) is 17.9. The number of benzene rings is 2. The molecule has 1 unspecified atom stereocenters. The number of hydrogen-bond donors (Lipinski definition) is 0. The predicted octanol–water partition coefficient (Wildman–Crippen LogP) is 3.57. The van der Waals surface area contributed by atoms with E-state index in [1.54, 1.807) is 0 Å². The van der Waals surface area contributed by atoms with Gasteiger partial charge < -0.3 is 0 Å². The fourth-order valence-electron chi connectivity index (χ4n) is 2.82. The molecule has 0 heterocycles. The molecule has 1 atom stereocenters. The fraction of sp³-hybridized carbons (Fsp3) is 0.167. The highest BCUT2D eigenvalue weighted by molar-refractivity contribution is 6.16. The Labute approximate surface area is 119 Å². The molecule has 100 valence electrons. The van der Waals surface area contributed by atoms with E-state index in [9.17, 15) is 4.79 Å². The maximum Gasteiger partial charge on any atom is 0.191 e. The summed E-state index contributed by atoms with van der Waals surface area (Å²) in [6.07, 6.45) is 2.01. The first kappa shape index (κ1) is 12.8. The average Bonchev–Trinajstić information content (AvgIpc) is 2.74. The topological polar surface area (TPSA) is 20.3 Å². The molecule has 0 amide bonds. The summed E-state index contributed by atoms with van der Waals surface area (Å²) in [5, 5.41) is 0. The largest absolute Gasteiger partial charge is 0.298 e. The number of likely N-dealkylation sites (N-methyl/N-ethyl adjacent to an activating group) is 1. The molecule has 0 radical (unpaired) electrons. The van der Waals surface area contributed by atoms with Crippen molar-refractivity contribution < 1.29 is 4.79 Å². The molecule has 0 saturated carbocycles. The van der Waals surface area contributed by atoms with E-state index in [1.165, 1.54) is 0 Å². The number of rotatable bonds is 2. The van der Waals surface area contributed by atoms with Crippen molar-refractivity contribution in [2.75, 3.05) is 14.1 Å². The van der Waals surface area contributed by atoms with Gasteiger partial charge in [-0.3, -0.25) is 9.69 Å². The number of carbonyl (C=O) groups is 1. The molecule has 1 aliphatic carbocycles. The Hall–Kier alpha value is -2.19. The minimum Gasteiger partial charge on any atom is -0.298 e. The van der Waals surface area contributed by atoms with E-state index in [4.69, 9.17) is 0 Å². The summed E-state index contributed by atoms with van der Waals surface area (Å²) < 4.78 is 0. The number of fused-ring (bicyclic) bond motifs is 1. The lowest BCUT2D eigenvalue weighted by Crippen LogP contribution is -2.19. The number of carbonyl (C=O) groups excluding carboxylic acids is 1. The molecule has 0 spiro atoms. The quantitative estimate of drug-likeness (QED) is 0.772. The third kappa shape index (κ3) is 2.08. The molecular weight excluding hydrogens is 246 g/mol. The second-order valence-electron chi connectivity index (χ2n) is 5.29. The maximum atomic E-state index is 12.6. The van der Waals surface area contributed by atoms with E-state index in [0.717, 1.165) is 22.3 Å². The Balaban J connectivity index is 2.12. The van der Waals surface area contributed by atoms with Crippen molar-refractivity contribution in [3.8, 4) is 0 Å². The van der Waals surface area contributed by atoms with Crippen LogP contribution >= 0.6 is 0 Å². The molecule has 2 nitrogen and oxygen atoms in total. The second kappa shape index (κ2) is 5.06. The SMILES string of the molecule is CN(C)C1C(=Cc2ccccc2)C(=O)c2ccccc21. The lowest BCUT2D eigenvalue weighted by Gasteiger charge is -2.21. The van der Waals surface area contributed by atoms with Crippen LogP contribution in [0.4, 0.5) is 0 Å². The molecule has 0 aliphatic heterocycles. The van der Waals surface area contributed by atoms with Gasteiger partial charge in [0.2, 0.25) is 0 Å². The fourth-order valence-corrected chi connectivity index (χ4v) is 2.82. The van der Waals surface area contributed by atoms with Crippen LogP contribution in [0.1, 0.15) is 27.5 Å². The normalized spacial score (nSPS) is 19.6. The van der Waals surface area contributed by atoms with Gasteiger partial charge in [0.1, 0.15) is 0 Å². The molecule has 2 heteroatoms. The van der Waals surface area contributed by atoms with Crippen molar-refractivity contribution in [2.45, 2.75) is 6.04 Å². The smallest absolute Gasteiger partial charge is 0.191 e. The van der Waals surface area contributed by atoms with Gasteiger partial charge in [-0.15, -0.1) is 0 Å². The van der Waals surface area contributed by atoms with Crippen molar-refractivity contribution in [3.05, 3.63) is 76.9 Å². The number of ketones is 1. The van der Waals surface area contributed by atoms with Crippen LogP contribution < -0.4 is 0 Å². The van der Waals surface area contributed by atoms with Gasteiger partial charge in [0.15, 0.2) is 5.78 Å². The summed E-state index contributed by atoms with van der Waals surface area (Å²) in [4.78, 5) is 14.7. The van der Waals surface area contributed by atoms with Crippen LogP contribution in [-0.4, -0.2) is 24.8 Å². The molecule has 3 rings (SSSR count). The Morgan fingerprint density at radius 2 is 1.60 bits per heavy atom. The van der Waals surface area contributed by atoms with Crippen LogP contribution in [0, 0.1) is 0 Å². The van der Waals surface area contributed by atoms with Crippen molar-refractivity contribution in [1.29, 1.82) is 0 Å². The van der Waals surface area contributed by atoms with E-state index in [-0.39, 0.29) is 11.8 Å². The number of Topliss-reactive ketones (excluding diaryl/α,β-unsaturated/α-hetero) is 1. The molecule has 0 bridgehead atoms. The van der Waals surface area contributed by atoms with Gasteiger partial charge in [0, 0.05) is 11.1 Å². The van der Waals surface area contributed by atoms with Gasteiger partial charge in [0.05, 0.1) is 6.04 Å². The summed E-state index contributed by atoms with van der Waals surface area (Å²) in [5.41, 5.74) is 3.84. The molecule has 2 aromatic carbocycles. The molecule has 0 saturated heterocycles. The van der Waals surface area contributed by atoms with E-state index in [0.29, 0.717) is 0 Å². The van der Waals surface area contributed by atoms with Crippen LogP contribution in [0.25, 0.3) is 6.08 Å². The third-order valence-electron chi connectivity index (χ3n) is 3.69. The zero-order chi connectivity index (χ0) is 14.1. The summed E-state index contributed by atoms with van der Waals surface area (Å²) in [6.45, 7) is 0. The zero-order valence-electron chi connectivity index (χ0n) is 11.7. The molecule has 2 aromatic rings. The van der Waals surface area contributed by atoms with Crippen LogP contribution in [-0.2, 0) is 0 Å². The zero-order valence-corrected chi connectivity index (χ0v) is 11.7. The van der Waals surface area contributed by atoms with Gasteiger partial charge in [-0.05, 0) is 31.3 Å². The summed E-state index contributed by atoms with van der Waals surface area (Å²) in [5.74, 6) is 0.142. The van der Waals surface area contributed by atoms with Gasteiger partial charge in [-0.1, -0.05) is 54.6 Å². The van der Waals surface area contributed by atoms with Crippen LogP contribution in [0.2, 0.25) is 0 Å². The number of hydrogen-bond acceptors (Lipinski definition) is 2. The average molecular weight is 263 g/mol. The van der Waals surface area contributed by atoms with Gasteiger partial charge in [0.25, 0.3) is 0 Å². The van der Waals surface area contributed by atoms with E-state index >= 15 is 0 Å². The lowest BCUT2D eigenvalue weighted by atomic mass is 10.0. The van der Waals surface area contributed by atoms with E-state index in [1.807, 2.05) is 74.8 Å². The Bertz CT molecular complexity index is 671. The number of nitrogens with zero attached hydrogens (tertiary/aromatic N) is 1. The first-order valence-corrected chi connectivity index (χ1v) is 6.75. The highest BCUT2D eigenvalue weighted by atomic mass is 16.1. The standard InChI is InChI=1S/C18H17NO/c1-19(2)17-14-10-6-7-11-15(14)18(20)16(17)12-13-8-4-3-5-9-13/h3-12,17H,1-2H3. The highest BCUT2D eigenvalue weighted by Gasteiger charge is 2.35. The lowest BCUT2D eigenvalue weighted by molar-refractivity contribution is 0.103. The van der Waals surface area contributed by atoms with Crippen molar-refractivity contribution in [3.63, 3.8) is 0 Å². The predicted molar refractivity (Wildman–Crippen MR) is 81.6 cm³/mol. The molecular formula is C18H17NO. The monoisotopic (exact) mass is 263 g/mol. The van der Waals surface area contributed by atoms with Crippen LogP contribution in [0.5, 0.6) is 0 Å². The second-order valence-corrected chi connectivity index (χ2v) is 5.29. The van der Waals surface area contributed by atoms with Crippen LogP contribution in [0.15, 0.2) is 60.2 Å². The summed E-state index contributed by atoms with van der Waals surface area (Å²) >= 11 is 0. The first-order chi connectivity index (χ1) is 9.68. The third-order valence-corrected chi connectivity index (χ3v) is 3.69. The van der Waals surface area contributed by atoms with Crippen molar-refractivity contribution in [1.82, 2.24) is 4.90 Å². The van der Waals surface area contributed by atoms with Gasteiger partial charge in [-0.2, -0.15) is 0 Å². The van der Waals surface area contributed by atoms with Crippen molar-refractivity contribution in [2.24, 2.45) is 0 Å². The van der Waals surface area contributed by atoms with E-state index < -0.39 is 0 Å². The van der Waals surface area contributed by atoms with Gasteiger partial charge >= 0.3 is 0 Å². The Morgan fingerprint density at radius 3 is 2.30 bits per heavy atom. The molecule has 20 heavy (non-hydrogen) atoms. The molecule has 1 aliphatic rings. The maximum absolute atomic E-state index is 12.6. The minimum atomic E-state index is 0.0407. The molecule has 0 fully saturated rings. The summed E-state index contributed by atoms with van der Waals surface area (Å²) in [7, 11) is 4.03. The van der Waals surface area contributed by atoms with Crippen molar-refractivity contribution >= 4 is 11.9 Å². The van der Waals surface area contributed by atoms with Crippen LogP contribution in [0.3, 0.4) is 0 Å². The van der Waals surface area contributed by atoms with Gasteiger partial charge in [-0.25, -0.2) is 0 Å². The molecule has 0 N–H and O–H groups in total. The first-order valence-electron chi connectivity index (χ1n) is 6.75. The minimum absolute atomic E-state index is 0.0407. The Morgan fingerprint density at radius 1 is 0.950 bits per heavy atom. The van der Waals surface area contributed by atoms with E-state index in [2.05, 4.69) is 4.90 Å². The Kier molecular flexibility index (Phi) is 3.25. The molecule has 0 aromatic heterocycles.